The van der Waals surface area contributed by atoms with Crippen LogP contribution >= 0.6 is 0 Å². The van der Waals surface area contributed by atoms with Gasteiger partial charge in [-0.25, -0.2) is 0 Å². The first-order valence-corrected chi connectivity index (χ1v) is 8.94. The van der Waals surface area contributed by atoms with Gasteiger partial charge in [-0.05, 0) is 37.1 Å². The van der Waals surface area contributed by atoms with Crippen LogP contribution in [0.25, 0.3) is 21.8 Å². The first-order valence-electron chi connectivity index (χ1n) is 8.94. The van der Waals surface area contributed by atoms with Crippen molar-refractivity contribution in [3.8, 4) is 0 Å². The van der Waals surface area contributed by atoms with E-state index in [4.69, 9.17) is 5.11 Å². The van der Waals surface area contributed by atoms with Gasteiger partial charge in [0.2, 0.25) is 0 Å². The first-order chi connectivity index (χ1) is 11.8. The van der Waals surface area contributed by atoms with Crippen LogP contribution in [0.2, 0.25) is 0 Å². The number of nitrogens with zero attached hydrogens (tertiary/aromatic N) is 1. The third kappa shape index (κ3) is 3.51. The summed E-state index contributed by atoms with van der Waals surface area (Å²) < 4.78 is 2.29. The molecule has 0 amide bonds. The lowest BCUT2D eigenvalue weighted by Gasteiger charge is -2.15. The maximum Gasteiger partial charge on any atom is 0.197 e. The van der Waals surface area contributed by atoms with Gasteiger partial charge in [0, 0.05) is 23.9 Å². The van der Waals surface area contributed by atoms with Crippen molar-refractivity contribution in [1.82, 2.24) is 4.57 Å². The maximum absolute atomic E-state index is 12.7. The first kappa shape index (κ1) is 16.7. The number of unbranched alkanes of at least 4 members (excludes halogenated alkanes) is 5. The van der Waals surface area contributed by atoms with Crippen LogP contribution in [0.3, 0.4) is 0 Å². The highest BCUT2D eigenvalue weighted by Crippen LogP contribution is 2.20. The SMILES string of the molecule is O=c1c2ccccc2n(CCCCCCCCO)c2ccccc12. The normalized spacial score (nSPS) is 11.4. The molecule has 1 aromatic heterocycles. The van der Waals surface area contributed by atoms with Gasteiger partial charge < -0.3 is 9.67 Å². The molecule has 0 fully saturated rings. The third-order valence-corrected chi connectivity index (χ3v) is 4.67. The number of aliphatic hydroxyl groups is 1. The van der Waals surface area contributed by atoms with Crippen molar-refractivity contribution >= 4 is 21.8 Å². The van der Waals surface area contributed by atoms with Gasteiger partial charge in [0.15, 0.2) is 5.43 Å². The fraction of sp³-hybridized carbons (Fsp3) is 0.381. The molecule has 1 N–H and O–H groups in total. The number of pyridine rings is 1. The van der Waals surface area contributed by atoms with Crippen molar-refractivity contribution in [2.24, 2.45) is 0 Å². The largest absolute Gasteiger partial charge is 0.396 e. The molecule has 0 aliphatic heterocycles. The molecule has 0 radical (unpaired) electrons. The zero-order valence-electron chi connectivity index (χ0n) is 14.1. The van der Waals surface area contributed by atoms with E-state index in [2.05, 4.69) is 4.57 Å². The van der Waals surface area contributed by atoms with Gasteiger partial charge in [-0.15, -0.1) is 0 Å². The summed E-state index contributed by atoms with van der Waals surface area (Å²) in [7, 11) is 0. The molecule has 2 aromatic carbocycles. The van der Waals surface area contributed by atoms with Crippen molar-refractivity contribution < 1.29 is 5.11 Å². The molecule has 0 aliphatic rings. The Hall–Kier alpha value is -2.13. The molecule has 0 saturated heterocycles. The number of hydrogen-bond donors (Lipinski definition) is 1. The van der Waals surface area contributed by atoms with Crippen LogP contribution in [-0.2, 0) is 6.54 Å². The fourth-order valence-corrected chi connectivity index (χ4v) is 3.41. The highest BCUT2D eigenvalue weighted by molar-refractivity contribution is 5.93. The van der Waals surface area contributed by atoms with Gasteiger partial charge in [-0.2, -0.15) is 0 Å². The number of hydrogen-bond acceptors (Lipinski definition) is 2. The molecule has 24 heavy (non-hydrogen) atoms. The number of para-hydroxylation sites is 2. The summed E-state index contributed by atoms with van der Waals surface area (Å²) in [5, 5.41) is 10.4. The van der Waals surface area contributed by atoms with Gasteiger partial charge in [0.1, 0.15) is 0 Å². The summed E-state index contributed by atoms with van der Waals surface area (Å²) in [6.45, 7) is 1.23. The molecule has 0 atom stereocenters. The number of benzene rings is 2. The van der Waals surface area contributed by atoms with Crippen LogP contribution in [0.15, 0.2) is 53.3 Å². The van der Waals surface area contributed by atoms with E-state index >= 15 is 0 Å². The van der Waals surface area contributed by atoms with E-state index in [1.165, 1.54) is 19.3 Å². The molecular weight excluding hydrogens is 298 g/mol. The zero-order chi connectivity index (χ0) is 16.8. The average Bonchev–Trinajstić information content (AvgIpc) is 2.63. The Labute approximate surface area is 142 Å². The van der Waals surface area contributed by atoms with Crippen molar-refractivity contribution in [3.63, 3.8) is 0 Å². The van der Waals surface area contributed by atoms with E-state index in [1.54, 1.807) is 0 Å². The van der Waals surface area contributed by atoms with Crippen LogP contribution in [-0.4, -0.2) is 16.3 Å². The summed E-state index contributed by atoms with van der Waals surface area (Å²) in [4.78, 5) is 12.7. The minimum Gasteiger partial charge on any atom is -0.396 e. The molecule has 3 aromatic rings. The number of fused-ring (bicyclic) bond motifs is 2. The van der Waals surface area contributed by atoms with Gasteiger partial charge in [0.25, 0.3) is 0 Å². The van der Waals surface area contributed by atoms with E-state index in [1.807, 2.05) is 48.5 Å². The molecule has 126 valence electrons. The van der Waals surface area contributed by atoms with Crippen molar-refractivity contribution in [2.45, 2.75) is 45.1 Å². The molecule has 1 heterocycles. The maximum atomic E-state index is 12.7. The smallest absolute Gasteiger partial charge is 0.197 e. The van der Waals surface area contributed by atoms with Crippen molar-refractivity contribution in [3.05, 3.63) is 58.8 Å². The molecule has 3 heteroatoms. The third-order valence-electron chi connectivity index (χ3n) is 4.67. The van der Waals surface area contributed by atoms with E-state index in [0.717, 1.165) is 47.6 Å². The quantitative estimate of drug-likeness (QED) is 0.490. The van der Waals surface area contributed by atoms with Gasteiger partial charge in [-0.3, -0.25) is 4.79 Å². The van der Waals surface area contributed by atoms with Crippen molar-refractivity contribution in [1.29, 1.82) is 0 Å². The second-order valence-corrected chi connectivity index (χ2v) is 6.36. The molecular formula is C21H25NO2. The van der Waals surface area contributed by atoms with Gasteiger partial charge >= 0.3 is 0 Å². The van der Waals surface area contributed by atoms with Gasteiger partial charge in [0.05, 0.1) is 11.0 Å². The Morgan fingerprint density at radius 2 is 1.21 bits per heavy atom. The van der Waals surface area contributed by atoms with Crippen LogP contribution in [0.1, 0.15) is 38.5 Å². The number of aromatic nitrogens is 1. The van der Waals surface area contributed by atoms with Crippen molar-refractivity contribution in [2.75, 3.05) is 6.61 Å². The second kappa shape index (κ2) is 8.11. The molecule has 3 nitrogen and oxygen atoms in total. The van der Waals surface area contributed by atoms with Crippen LogP contribution in [0.5, 0.6) is 0 Å². The average molecular weight is 323 g/mol. The Morgan fingerprint density at radius 3 is 1.79 bits per heavy atom. The zero-order valence-corrected chi connectivity index (χ0v) is 14.1. The predicted molar refractivity (Wildman–Crippen MR) is 101 cm³/mol. The lowest BCUT2D eigenvalue weighted by atomic mass is 10.1. The topological polar surface area (TPSA) is 42.2 Å². The molecule has 0 saturated carbocycles. The monoisotopic (exact) mass is 323 g/mol. The van der Waals surface area contributed by atoms with E-state index < -0.39 is 0 Å². The molecule has 0 aliphatic carbocycles. The Kier molecular flexibility index (Phi) is 5.65. The summed E-state index contributed by atoms with van der Waals surface area (Å²) in [6, 6.07) is 15.8. The molecule has 0 bridgehead atoms. The fourth-order valence-electron chi connectivity index (χ4n) is 3.41. The van der Waals surface area contributed by atoms with Gasteiger partial charge in [-0.1, -0.05) is 49.9 Å². The summed E-state index contributed by atoms with van der Waals surface area (Å²) >= 11 is 0. The molecule has 0 unspecified atom stereocenters. The van der Waals surface area contributed by atoms with Crippen LogP contribution in [0.4, 0.5) is 0 Å². The van der Waals surface area contributed by atoms with E-state index in [0.29, 0.717) is 6.61 Å². The Balaban J connectivity index is 1.83. The molecule has 3 rings (SSSR count). The lowest BCUT2D eigenvalue weighted by molar-refractivity contribution is 0.282. The Bertz CT molecular complexity index is 806. The Morgan fingerprint density at radius 1 is 0.708 bits per heavy atom. The minimum absolute atomic E-state index is 0.126. The lowest BCUT2D eigenvalue weighted by Crippen LogP contribution is -2.11. The number of rotatable bonds is 8. The second-order valence-electron chi connectivity index (χ2n) is 6.36. The van der Waals surface area contributed by atoms with Crippen LogP contribution < -0.4 is 5.43 Å². The summed E-state index contributed by atoms with van der Waals surface area (Å²) in [6.07, 6.45) is 6.70. The number of aryl methyl sites for hydroxylation is 1. The summed E-state index contributed by atoms with van der Waals surface area (Å²) in [5.74, 6) is 0. The minimum atomic E-state index is 0.126. The molecule has 0 spiro atoms. The van der Waals surface area contributed by atoms with Crippen LogP contribution in [0, 0.1) is 0 Å². The summed E-state index contributed by atoms with van der Waals surface area (Å²) in [5.41, 5.74) is 2.18. The standard InChI is InChI=1S/C21H25NO2/c23-16-10-4-2-1-3-9-15-22-19-13-7-5-11-17(19)21(24)18-12-6-8-14-20(18)22/h5-8,11-14,23H,1-4,9-10,15-16H2. The highest BCUT2D eigenvalue weighted by atomic mass is 16.2. The number of aliphatic hydroxyl groups excluding tert-OH is 1. The van der Waals surface area contributed by atoms with E-state index in [9.17, 15) is 4.79 Å². The van der Waals surface area contributed by atoms with E-state index in [-0.39, 0.29) is 5.43 Å². The highest BCUT2D eigenvalue weighted by Gasteiger charge is 2.09. The predicted octanol–water partition coefficient (Wildman–Crippen LogP) is 4.49.